The molecule has 0 saturated heterocycles. The minimum Gasteiger partial charge on any atom is -0.486 e. The molecule has 1 unspecified atom stereocenters. The minimum atomic E-state index is -0.383. The second-order valence-corrected chi connectivity index (χ2v) is 5.46. The van der Waals surface area contributed by atoms with Crippen molar-refractivity contribution in [1.82, 2.24) is 0 Å². The van der Waals surface area contributed by atoms with Crippen molar-refractivity contribution in [3.63, 3.8) is 0 Å². The maximum absolute atomic E-state index is 11.6. The third-order valence-corrected chi connectivity index (χ3v) is 3.74. The molecule has 3 rings (SSSR count). The zero-order valence-corrected chi connectivity index (χ0v) is 12.0. The number of rotatable bonds is 4. The van der Waals surface area contributed by atoms with Gasteiger partial charge in [-0.25, -0.2) is 4.79 Å². The maximum atomic E-state index is 11.6. The molecule has 21 heavy (non-hydrogen) atoms. The van der Waals surface area contributed by atoms with Gasteiger partial charge in [-0.2, -0.15) is 0 Å². The van der Waals surface area contributed by atoms with Gasteiger partial charge in [-0.1, -0.05) is 18.2 Å². The highest BCUT2D eigenvalue weighted by molar-refractivity contribution is 7.10. The van der Waals surface area contributed by atoms with Crippen molar-refractivity contribution in [1.29, 1.82) is 0 Å². The first-order valence-electron chi connectivity index (χ1n) is 6.58. The smallest absolute Gasteiger partial charge is 0.330 e. The van der Waals surface area contributed by atoms with Crippen molar-refractivity contribution in [2.75, 3.05) is 13.2 Å². The van der Waals surface area contributed by atoms with Gasteiger partial charge in [0.2, 0.25) is 0 Å². The summed E-state index contributed by atoms with van der Waals surface area (Å²) >= 11 is 1.56. The Morgan fingerprint density at radius 1 is 1.29 bits per heavy atom. The summed E-state index contributed by atoms with van der Waals surface area (Å²) in [4.78, 5) is 12.6. The number of carbonyl (C=O) groups excluding carboxylic acids is 1. The van der Waals surface area contributed by atoms with Crippen LogP contribution >= 0.6 is 11.3 Å². The second kappa shape index (κ2) is 6.45. The molecule has 1 aliphatic rings. The molecule has 2 aromatic rings. The predicted octanol–water partition coefficient (Wildman–Crippen LogP) is 3.14. The summed E-state index contributed by atoms with van der Waals surface area (Å²) in [6.45, 7) is 0.543. The zero-order chi connectivity index (χ0) is 14.5. The number of esters is 1. The molecule has 0 N–H and O–H groups in total. The van der Waals surface area contributed by atoms with E-state index in [0.29, 0.717) is 12.4 Å². The highest BCUT2D eigenvalue weighted by atomic mass is 32.1. The van der Waals surface area contributed by atoms with Gasteiger partial charge in [0, 0.05) is 11.0 Å². The van der Waals surface area contributed by atoms with Crippen LogP contribution in [0.2, 0.25) is 0 Å². The molecular weight excluding hydrogens is 288 g/mol. The van der Waals surface area contributed by atoms with Crippen LogP contribution in [0.3, 0.4) is 0 Å². The molecule has 5 heteroatoms. The van der Waals surface area contributed by atoms with E-state index in [4.69, 9.17) is 14.2 Å². The number of para-hydroxylation sites is 2. The Morgan fingerprint density at radius 3 is 2.95 bits per heavy atom. The Bertz CT molecular complexity index is 633. The van der Waals surface area contributed by atoms with Gasteiger partial charge >= 0.3 is 5.97 Å². The highest BCUT2D eigenvalue weighted by Crippen LogP contribution is 2.30. The molecule has 0 bridgehead atoms. The molecule has 0 spiro atoms. The van der Waals surface area contributed by atoms with Crippen molar-refractivity contribution in [2.45, 2.75) is 6.10 Å². The summed E-state index contributed by atoms with van der Waals surface area (Å²) in [6, 6.07) is 11.3. The molecule has 0 saturated carbocycles. The fourth-order valence-corrected chi connectivity index (χ4v) is 2.52. The van der Waals surface area contributed by atoms with Crippen LogP contribution in [0.25, 0.3) is 6.08 Å². The molecule has 0 amide bonds. The number of thiophene rings is 1. The summed E-state index contributed by atoms with van der Waals surface area (Å²) < 4.78 is 16.4. The molecule has 1 aliphatic heterocycles. The SMILES string of the molecule is O=C(C=Cc1cccs1)OCC1COc2ccccc2O1. The standard InChI is InChI=1S/C16H14O4S/c17-16(8-7-13-4-3-9-21-13)19-11-12-10-18-14-5-1-2-6-15(14)20-12/h1-9,12H,10-11H2. The van der Waals surface area contributed by atoms with E-state index in [2.05, 4.69) is 0 Å². The Labute approximate surface area is 126 Å². The topological polar surface area (TPSA) is 44.8 Å². The number of benzene rings is 1. The summed E-state index contributed by atoms with van der Waals surface area (Å²) in [7, 11) is 0. The Hall–Kier alpha value is -2.27. The van der Waals surface area contributed by atoms with Crippen LogP contribution in [0.1, 0.15) is 4.88 Å². The van der Waals surface area contributed by atoms with E-state index < -0.39 is 0 Å². The van der Waals surface area contributed by atoms with Gasteiger partial charge in [-0.3, -0.25) is 0 Å². The molecule has 2 heterocycles. The summed E-state index contributed by atoms with van der Waals surface area (Å²) in [5.74, 6) is 1.02. The van der Waals surface area contributed by atoms with E-state index in [1.807, 2.05) is 41.8 Å². The fraction of sp³-hybridized carbons (Fsp3) is 0.188. The number of ether oxygens (including phenoxy) is 3. The van der Waals surface area contributed by atoms with Crippen LogP contribution in [0, 0.1) is 0 Å². The quantitative estimate of drug-likeness (QED) is 0.643. The van der Waals surface area contributed by atoms with Crippen molar-refractivity contribution >= 4 is 23.4 Å². The second-order valence-electron chi connectivity index (χ2n) is 4.48. The normalized spacial score (nSPS) is 16.9. The average molecular weight is 302 g/mol. The number of hydrogen-bond donors (Lipinski definition) is 0. The Balaban J connectivity index is 1.49. The third-order valence-electron chi connectivity index (χ3n) is 2.91. The lowest BCUT2D eigenvalue weighted by Crippen LogP contribution is -2.34. The fourth-order valence-electron chi connectivity index (χ4n) is 1.90. The van der Waals surface area contributed by atoms with Crippen molar-refractivity contribution < 1.29 is 19.0 Å². The van der Waals surface area contributed by atoms with E-state index in [9.17, 15) is 4.79 Å². The monoisotopic (exact) mass is 302 g/mol. The maximum Gasteiger partial charge on any atom is 0.330 e. The van der Waals surface area contributed by atoms with Gasteiger partial charge in [-0.15, -0.1) is 11.3 Å². The van der Waals surface area contributed by atoms with Gasteiger partial charge < -0.3 is 14.2 Å². The first kappa shape index (κ1) is 13.7. The Kier molecular flexibility index (Phi) is 4.21. The van der Waals surface area contributed by atoms with Crippen LogP contribution in [0.5, 0.6) is 11.5 Å². The highest BCUT2D eigenvalue weighted by Gasteiger charge is 2.21. The summed E-state index contributed by atoms with van der Waals surface area (Å²) in [6.07, 6.45) is 2.88. The van der Waals surface area contributed by atoms with Crippen molar-refractivity contribution in [3.05, 3.63) is 52.7 Å². The number of carbonyl (C=O) groups is 1. The molecule has 0 aliphatic carbocycles. The van der Waals surface area contributed by atoms with E-state index in [1.54, 1.807) is 17.4 Å². The lowest BCUT2D eigenvalue weighted by atomic mass is 10.3. The van der Waals surface area contributed by atoms with Gasteiger partial charge in [0.1, 0.15) is 13.2 Å². The van der Waals surface area contributed by atoms with E-state index >= 15 is 0 Å². The summed E-state index contributed by atoms with van der Waals surface area (Å²) in [5, 5.41) is 1.95. The molecule has 0 fully saturated rings. The van der Waals surface area contributed by atoms with Crippen molar-refractivity contribution in [2.24, 2.45) is 0 Å². The first-order valence-corrected chi connectivity index (χ1v) is 7.46. The molecule has 108 valence electrons. The molecule has 1 aromatic heterocycles. The average Bonchev–Trinajstić information content (AvgIpc) is 3.04. The minimum absolute atomic E-state index is 0.169. The van der Waals surface area contributed by atoms with Crippen LogP contribution < -0.4 is 9.47 Å². The predicted molar refractivity (Wildman–Crippen MR) is 80.7 cm³/mol. The van der Waals surface area contributed by atoms with Crippen LogP contribution in [0.15, 0.2) is 47.9 Å². The van der Waals surface area contributed by atoms with Gasteiger partial charge in [0.25, 0.3) is 0 Å². The van der Waals surface area contributed by atoms with Gasteiger partial charge in [0.15, 0.2) is 17.6 Å². The summed E-state index contributed by atoms with van der Waals surface area (Å²) in [5.41, 5.74) is 0. The van der Waals surface area contributed by atoms with Crippen LogP contribution in [-0.4, -0.2) is 25.3 Å². The van der Waals surface area contributed by atoms with Crippen LogP contribution in [0.4, 0.5) is 0 Å². The molecule has 4 nitrogen and oxygen atoms in total. The first-order chi connectivity index (χ1) is 10.3. The van der Waals surface area contributed by atoms with Gasteiger partial charge in [-0.05, 0) is 29.7 Å². The van der Waals surface area contributed by atoms with Gasteiger partial charge in [0.05, 0.1) is 0 Å². The molecular formula is C16H14O4S. The molecule has 1 atom stereocenters. The molecule has 1 aromatic carbocycles. The lowest BCUT2D eigenvalue weighted by Gasteiger charge is -2.25. The van der Waals surface area contributed by atoms with Crippen LogP contribution in [-0.2, 0) is 9.53 Å². The van der Waals surface area contributed by atoms with Crippen molar-refractivity contribution in [3.8, 4) is 11.5 Å². The van der Waals surface area contributed by atoms with E-state index in [0.717, 1.165) is 10.6 Å². The number of hydrogen-bond acceptors (Lipinski definition) is 5. The largest absolute Gasteiger partial charge is 0.486 e. The van der Waals surface area contributed by atoms with E-state index in [-0.39, 0.29) is 18.7 Å². The lowest BCUT2D eigenvalue weighted by molar-refractivity contribution is -0.140. The molecule has 0 radical (unpaired) electrons. The van der Waals surface area contributed by atoms with E-state index in [1.165, 1.54) is 6.08 Å². The number of fused-ring (bicyclic) bond motifs is 1. The third kappa shape index (κ3) is 3.64. The Morgan fingerprint density at radius 2 is 2.14 bits per heavy atom. The zero-order valence-electron chi connectivity index (χ0n) is 11.2.